The summed E-state index contributed by atoms with van der Waals surface area (Å²) in [6, 6.07) is 8.09. The Kier molecular flexibility index (Phi) is 4.13. The molecule has 5 heteroatoms. The summed E-state index contributed by atoms with van der Waals surface area (Å²) in [4.78, 5) is 20.6. The third kappa shape index (κ3) is 2.80. The van der Waals surface area contributed by atoms with Gasteiger partial charge in [0, 0.05) is 24.0 Å². The number of aromatic amines is 1. The number of H-pyrrole nitrogens is 1. The normalized spacial score (nSPS) is 15.5. The molecule has 1 aromatic heterocycles. The molecule has 24 heavy (non-hydrogen) atoms. The zero-order chi connectivity index (χ0) is 17.5. The number of carbonyl (C=O) groups excluding carboxylic acids is 1. The highest BCUT2D eigenvalue weighted by atomic mass is 16.7. The number of aryl methyl sites for hydroxylation is 1. The quantitative estimate of drug-likeness (QED) is 0.875. The Morgan fingerprint density at radius 3 is 2.79 bits per heavy atom. The second-order valence-corrected chi connectivity index (χ2v) is 6.90. The molecule has 0 saturated heterocycles. The lowest BCUT2D eigenvalue weighted by Crippen LogP contribution is -2.26. The minimum Gasteiger partial charge on any atom is -0.493 e. The first-order chi connectivity index (χ1) is 11.3. The fraction of sp³-hybridized carbons (Fsp3) is 0.421. The largest absolute Gasteiger partial charge is 0.493 e. The van der Waals surface area contributed by atoms with Crippen LogP contribution in [-0.2, 0) is 10.3 Å². The molecule has 0 bridgehead atoms. The summed E-state index contributed by atoms with van der Waals surface area (Å²) >= 11 is 0. The van der Waals surface area contributed by atoms with Gasteiger partial charge in [0.25, 0.3) is 5.91 Å². The third-order valence-corrected chi connectivity index (χ3v) is 4.81. The van der Waals surface area contributed by atoms with Crippen molar-refractivity contribution in [2.45, 2.75) is 32.6 Å². The smallest absolute Gasteiger partial charge is 0.278 e. The molecule has 0 spiro atoms. The molecule has 1 N–H and O–H groups in total. The van der Waals surface area contributed by atoms with Gasteiger partial charge in [0.15, 0.2) is 0 Å². The second kappa shape index (κ2) is 5.98. The lowest BCUT2D eigenvalue weighted by Gasteiger charge is -2.32. The van der Waals surface area contributed by atoms with Gasteiger partial charge in [0.2, 0.25) is 0 Å². The number of nitrogens with one attached hydrogen (secondary N) is 1. The molecule has 1 aliphatic rings. The molecule has 5 nitrogen and oxygen atoms in total. The number of amides is 1. The number of hydrogen-bond donors (Lipinski definition) is 1. The van der Waals surface area contributed by atoms with Crippen LogP contribution in [0.25, 0.3) is 11.3 Å². The molecule has 1 amide bonds. The Hall–Kier alpha value is -2.27. The molecule has 1 aliphatic heterocycles. The molecule has 0 atom stereocenters. The van der Waals surface area contributed by atoms with Crippen molar-refractivity contribution >= 4 is 5.91 Å². The molecular formula is C19H24N2O3. The predicted molar refractivity (Wildman–Crippen MR) is 93.2 cm³/mol. The van der Waals surface area contributed by atoms with E-state index in [0.717, 1.165) is 35.7 Å². The topological polar surface area (TPSA) is 54.6 Å². The summed E-state index contributed by atoms with van der Waals surface area (Å²) in [7, 11) is 3.08. The van der Waals surface area contributed by atoms with Crippen molar-refractivity contribution in [3.8, 4) is 17.0 Å². The summed E-state index contributed by atoms with van der Waals surface area (Å²) < 4.78 is 5.78. The first kappa shape index (κ1) is 16.6. The molecule has 0 saturated carbocycles. The highest BCUT2D eigenvalue weighted by Crippen LogP contribution is 2.40. The summed E-state index contributed by atoms with van der Waals surface area (Å²) in [5.74, 6) is 0.785. The van der Waals surface area contributed by atoms with Crippen molar-refractivity contribution < 1.29 is 14.4 Å². The van der Waals surface area contributed by atoms with Gasteiger partial charge in [-0.3, -0.25) is 9.63 Å². The van der Waals surface area contributed by atoms with Gasteiger partial charge in [0.1, 0.15) is 5.75 Å². The molecule has 0 radical (unpaired) electrons. The van der Waals surface area contributed by atoms with E-state index in [9.17, 15) is 4.79 Å². The van der Waals surface area contributed by atoms with Crippen molar-refractivity contribution in [3.05, 3.63) is 41.1 Å². The Bertz CT molecular complexity index is 777. The van der Waals surface area contributed by atoms with Crippen LogP contribution in [0, 0.1) is 6.92 Å². The van der Waals surface area contributed by atoms with E-state index in [-0.39, 0.29) is 11.3 Å². The van der Waals surface area contributed by atoms with Crippen LogP contribution in [0.3, 0.4) is 0 Å². The molecule has 128 valence electrons. The number of aromatic nitrogens is 1. The van der Waals surface area contributed by atoms with Gasteiger partial charge in [-0.05, 0) is 48.6 Å². The zero-order valence-corrected chi connectivity index (χ0v) is 14.9. The van der Waals surface area contributed by atoms with E-state index in [4.69, 9.17) is 9.57 Å². The maximum atomic E-state index is 12.3. The standard InChI is InChI=1S/C19H24N2O3/c1-12-14(18(22)21(4)23-5)11-16(20-12)13-6-7-17-15(10-13)19(2,3)8-9-24-17/h6-7,10-11,20H,8-9H2,1-5H3. The van der Waals surface area contributed by atoms with Crippen molar-refractivity contribution in [2.24, 2.45) is 0 Å². The van der Waals surface area contributed by atoms with Crippen LogP contribution in [0.2, 0.25) is 0 Å². The number of hydrogen-bond acceptors (Lipinski definition) is 3. The minimum absolute atomic E-state index is 0.0835. The molecule has 1 aromatic carbocycles. The van der Waals surface area contributed by atoms with Crippen LogP contribution in [0.4, 0.5) is 0 Å². The van der Waals surface area contributed by atoms with Crippen molar-refractivity contribution in [1.82, 2.24) is 10.0 Å². The number of hydroxylamine groups is 2. The van der Waals surface area contributed by atoms with E-state index in [2.05, 4.69) is 24.9 Å². The van der Waals surface area contributed by atoms with E-state index >= 15 is 0 Å². The second-order valence-electron chi connectivity index (χ2n) is 6.90. The number of carbonyl (C=O) groups is 1. The van der Waals surface area contributed by atoms with Crippen LogP contribution in [0.5, 0.6) is 5.75 Å². The van der Waals surface area contributed by atoms with Crippen molar-refractivity contribution in [1.29, 1.82) is 0 Å². The lowest BCUT2D eigenvalue weighted by atomic mass is 9.79. The average molecular weight is 328 g/mol. The number of fused-ring (bicyclic) bond motifs is 1. The summed E-state index contributed by atoms with van der Waals surface area (Å²) in [5.41, 5.74) is 4.70. The van der Waals surface area contributed by atoms with Crippen LogP contribution < -0.4 is 4.74 Å². The molecule has 0 unspecified atom stereocenters. The summed E-state index contributed by atoms with van der Waals surface area (Å²) in [6.45, 7) is 7.12. The van der Waals surface area contributed by atoms with E-state index in [1.807, 2.05) is 25.1 Å². The van der Waals surface area contributed by atoms with Gasteiger partial charge >= 0.3 is 0 Å². The SMILES string of the molecule is CON(C)C(=O)c1cc(-c2ccc3c(c2)C(C)(C)CCO3)[nH]c1C. The van der Waals surface area contributed by atoms with Crippen LogP contribution in [0.1, 0.15) is 41.9 Å². The maximum absolute atomic E-state index is 12.3. The highest BCUT2D eigenvalue weighted by molar-refractivity contribution is 5.96. The van der Waals surface area contributed by atoms with Crippen molar-refractivity contribution in [2.75, 3.05) is 20.8 Å². The average Bonchev–Trinajstić information content (AvgIpc) is 2.95. The monoisotopic (exact) mass is 328 g/mol. The van der Waals surface area contributed by atoms with Gasteiger partial charge in [-0.15, -0.1) is 0 Å². The Morgan fingerprint density at radius 1 is 1.33 bits per heavy atom. The Labute approximate surface area is 142 Å². The number of rotatable bonds is 3. The molecule has 0 fully saturated rings. The molecule has 2 aromatic rings. The van der Waals surface area contributed by atoms with Crippen LogP contribution in [-0.4, -0.2) is 36.7 Å². The molecule has 0 aliphatic carbocycles. The van der Waals surface area contributed by atoms with Gasteiger partial charge in [-0.2, -0.15) is 0 Å². The van der Waals surface area contributed by atoms with Crippen LogP contribution in [0.15, 0.2) is 24.3 Å². The predicted octanol–water partition coefficient (Wildman–Crippen LogP) is 3.68. The maximum Gasteiger partial charge on any atom is 0.278 e. The molecule has 3 rings (SSSR count). The summed E-state index contributed by atoms with van der Waals surface area (Å²) in [5, 5.41) is 1.23. The Balaban J connectivity index is 2.00. The van der Waals surface area contributed by atoms with E-state index in [1.165, 1.54) is 17.7 Å². The molecular weight excluding hydrogens is 304 g/mol. The number of benzene rings is 1. The molecule has 2 heterocycles. The van der Waals surface area contributed by atoms with Crippen LogP contribution >= 0.6 is 0 Å². The minimum atomic E-state index is -0.167. The fourth-order valence-corrected chi connectivity index (χ4v) is 3.09. The lowest BCUT2D eigenvalue weighted by molar-refractivity contribution is -0.0757. The van der Waals surface area contributed by atoms with Gasteiger partial charge < -0.3 is 9.72 Å². The van der Waals surface area contributed by atoms with Gasteiger partial charge in [-0.1, -0.05) is 13.8 Å². The zero-order valence-electron chi connectivity index (χ0n) is 14.9. The highest BCUT2D eigenvalue weighted by Gasteiger charge is 2.29. The van der Waals surface area contributed by atoms with Gasteiger partial charge in [0.05, 0.1) is 19.3 Å². The third-order valence-electron chi connectivity index (χ3n) is 4.81. The summed E-state index contributed by atoms with van der Waals surface area (Å²) in [6.07, 6.45) is 0.996. The van der Waals surface area contributed by atoms with Crippen molar-refractivity contribution in [3.63, 3.8) is 0 Å². The fourth-order valence-electron chi connectivity index (χ4n) is 3.09. The first-order valence-corrected chi connectivity index (χ1v) is 8.13. The number of nitrogens with zero attached hydrogens (tertiary/aromatic N) is 1. The first-order valence-electron chi connectivity index (χ1n) is 8.13. The van der Waals surface area contributed by atoms with Gasteiger partial charge in [-0.25, -0.2) is 5.06 Å². The van der Waals surface area contributed by atoms with E-state index in [1.54, 1.807) is 7.05 Å². The van der Waals surface area contributed by atoms with E-state index < -0.39 is 0 Å². The Morgan fingerprint density at radius 2 is 2.08 bits per heavy atom. The number of ether oxygens (including phenoxy) is 1. The van der Waals surface area contributed by atoms with E-state index in [0.29, 0.717) is 5.56 Å².